The molecular formula is C15H20BrFO. The zero-order valence-electron chi connectivity index (χ0n) is 10.8. The molecule has 1 unspecified atom stereocenters. The Morgan fingerprint density at radius 1 is 1.33 bits per heavy atom. The van der Waals surface area contributed by atoms with E-state index in [0.29, 0.717) is 12.0 Å². The summed E-state index contributed by atoms with van der Waals surface area (Å²) in [6.45, 7) is 2.13. The molecule has 0 spiro atoms. The van der Waals surface area contributed by atoms with Crippen molar-refractivity contribution in [3.05, 3.63) is 34.1 Å². The third-order valence-corrected chi connectivity index (χ3v) is 4.71. The van der Waals surface area contributed by atoms with Gasteiger partial charge in [0.25, 0.3) is 0 Å². The van der Waals surface area contributed by atoms with Gasteiger partial charge in [0.05, 0.1) is 6.10 Å². The van der Waals surface area contributed by atoms with Crippen molar-refractivity contribution in [2.45, 2.75) is 51.6 Å². The van der Waals surface area contributed by atoms with E-state index in [1.807, 2.05) is 0 Å². The lowest BCUT2D eigenvalue weighted by Gasteiger charge is -2.38. The Morgan fingerprint density at radius 3 is 2.67 bits per heavy atom. The maximum absolute atomic E-state index is 13.7. The maximum atomic E-state index is 13.7. The lowest BCUT2D eigenvalue weighted by atomic mass is 9.70. The topological polar surface area (TPSA) is 20.2 Å². The van der Waals surface area contributed by atoms with Gasteiger partial charge in [0.2, 0.25) is 0 Å². The number of hydrogen-bond acceptors (Lipinski definition) is 1. The summed E-state index contributed by atoms with van der Waals surface area (Å²) in [7, 11) is 0. The van der Waals surface area contributed by atoms with Crippen LogP contribution in [0.1, 0.15) is 44.6 Å². The number of aliphatic hydroxyl groups excluding tert-OH is 1. The SMILES string of the molecule is CC1(C(O)Cc2cc(Br)ccc2F)CCCCC1. The van der Waals surface area contributed by atoms with Gasteiger partial charge < -0.3 is 5.11 Å². The van der Waals surface area contributed by atoms with Crippen LogP contribution >= 0.6 is 15.9 Å². The van der Waals surface area contributed by atoms with Crippen LogP contribution in [0.5, 0.6) is 0 Å². The molecule has 1 aromatic rings. The van der Waals surface area contributed by atoms with Crippen molar-refractivity contribution in [3.63, 3.8) is 0 Å². The lowest BCUT2D eigenvalue weighted by molar-refractivity contribution is 0.00988. The fraction of sp³-hybridized carbons (Fsp3) is 0.600. The highest BCUT2D eigenvalue weighted by molar-refractivity contribution is 9.10. The summed E-state index contributed by atoms with van der Waals surface area (Å²) in [6.07, 6.45) is 5.65. The normalized spacial score (nSPS) is 20.7. The summed E-state index contributed by atoms with van der Waals surface area (Å²) in [4.78, 5) is 0. The summed E-state index contributed by atoms with van der Waals surface area (Å²) in [5.41, 5.74) is 0.552. The van der Waals surface area contributed by atoms with Crippen LogP contribution in [0.2, 0.25) is 0 Å². The molecule has 1 aliphatic carbocycles. The van der Waals surface area contributed by atoms with E-state index in [1.54, 1.807) is 12.1 Å². The van der Waals surface area contributed by atoms with Crippen molar-refractivity contribution < 1.29 is 9.50 Å². The van der Waals surface area contributed by atoms with Crippen LogP contribution in [0.3, 0.4) is 0 Å². The summed E-state index contributed by atoms with van der Waals surface area (Å²) < 4.78 is 14.6. The lowest BCUT2D eigenvalue weighted by Crippen LogP contribution is -2.36. The van der Waals surface area contributed by atoms with E-state index in [0.717, 1.165) is 17.3 Å². The third-order valence-electron chi connectivity index (χ3n) is 4.22. The predicted octanol–water partition coefficient (Wildman–Crippen LogP) is 4.46. The maximum Gasteiger partial charge on any atom is 0.126 e. The second kappa shape index (κ2) is 5.70. The Kier molecular flexibility index (Phi) is 4.44. The molecule has 18 heavy (non-hydrogen) atoms. The Labute approximate surface area is 117 Å². The Balaban J connectivity index is 2.10. The van der Waals surface area contributed by atoms with Crippen LogP contribution in [0.15, 0.2) is 22.7 Å². The average Bonchev–Trinajstić information content (AvgIpc) is 2.35. The zero-order chi connectivity index (χ0) is 13.2. The van der Waals surface area contributed by atoms with E-state index in [-0.39, 0.29) is 11.2 Å². The van der Waals surface area contributed by atoms with E-state index < -0.39 is 6.10 Å². The van der Waals surface area contributed by atoms with Gasteiger partial charge in [0, 0.05) is 10.9 Å². The number of benzene rings is 1. The first kappa shape index (κ1) is 14.0. The third kappa shape index (κ3) is 3.12. The largest absolute Gasteiger partial charge is 0.392 e. The van der Waals surface area contributed by atoms with Crippen LogP contribution < -0.4 is 0 Å². The van der Waals surface area contributed by atoms with Crippen molar-refractivity contribution in [3.8, 4) is 0 Å². The van der Waals surface area contributed by atoms with E-state index in [1.165, 1.54) is 25.3 Å². The molecule has 100 valence electrons. The van der Waals surface area contributed by atoms with Crippen LogP contribution in [-0.2, 0) is 6.42 Å². The molecule has 0 aliphatic heterocycles. The summed E-state index contributed by atoms with van der Waals surface area (Å²) >= 11 is 3.35. The molecule has 0 saturated heterocycles. The van der Waals surface area contributed by atoms with Gasteiger partial charge in [-0.15, -0.1) is 0 Å². The molecule has 0 aromatic heterocycles. The van der Waals surface area contributed by atoms with E-state index in [2.05, 4.69) is 22.9 Å². The molecule has 0 heterocycles. The molecule has 1 aromatic carbocycles. The van der Waals surface area contributed by atoms with Gasteiger partial charge in [-0.05, 0) is 42.0 Å². The van der Waals surface area contributed by atoms with Crippen LogP contribution in [-0.4, -0.2) is 11.2 Å². The minimum absolute atomic E-state index is 0.0486. The number of halogens is 2. The van der Waals surface area contributed by atoms with Gasteiger partial charge in [-0.1, -0.05) is 42.1 Å². The number of aliphatic hydroxyl groups is 1. The second-order valence-electron chi connectivity index (χ2n) is 5.67. The molecule has 1 N–H and O–H groups in total. The molecule has 3 heteroatoms. The first-order valence-corrected chi connectivity index (χ1v) is 7.42. The fourth-order valence-corrected chi connectivity index (χ4v) is 3.26. The first-order valence-electron chi connectivity index (χ1n) is 6.63. The molecule has 1 atom stereocenters. The number of hydrogen-bond donors (Lipinski definition) is 1. The van der Waals surface area contributed by atoms with Gasteiger partial charge in [0.15, 0.2) is 0 Å². The molecule has 1 nitrogen and oxygen atoms in total. The molecule has 2 rings (SSSR count). The highest BCUT2D eigenvalue weighted by Crippen LogP contribution is 2.40. The molecule has 1 saturated carbocycles. The monoisotopic (exact) mass is 314 g/mol. The molecule has 1 aliphatic rings. The quantitative estimate of drug-likeness (QED) is 0.873. The Bertz CT molecular complexity index is 413. The highest BCUT2D eigenvalue weighted by Gasteiger charge is 2.34. The number of rotatable bonds is 3. The van der Waals surface area contributed by atoms with E-state index in [9.17, 15) is 9.50 Å². The van der Waals surface area contributed by atoms with Gasteiger partial charge in [0.1, 0.15) is 5.82 Å². The van der Waals surface area contributed by atoms with Crippen molar-refractivity contribution in [2.24, 2.45) is 5.41 Å². The highest BCUT2D eigenvalue weighted by atomic mass is 79.9. The Morgan fingerprint density at radius 2 is 2.00 bits per heavy atom. The second-order valence-corrected chi connectivity index (χ2v) is 6.59. The first-order chi connectivity index (χ1) is 8.51. The van der Waals surface area contributed by atoms with Crippen molar-refractivity contribution in [1.82, 2.24) is 0 Å². The zero-order valence-corrected chi connectivity index (χ0v) is 12.3. The average molecular weight is 315 g/mol. The molecule has 1 fully saturated rings. The molecule has 0 bridgehead atoms. The standard InChI is InChI=1S/C15H20BrFO/c1-15(7-3-2-4-8-15)14(18)10-11-9-12(16)5-6-13(11)17/h5-6,9,14,18H,2-4,7-8,10H2,1H3. The van der Waals surface area contributed by atoms with Gasteiger partial charge >= 0.3 is 0 Å². The summed E-state index contributed by atoms with van der Waals surface area (Å²) in [5, 5.41) is 10.4. The van der Waals surface area contributed by atoms with E-state index >= 15 is 0 Å². The predicted molar refractivity (Wildman–Crippen MR) is 75.0 cm³/mol. The fourth-order valence-electron chi connectivity index (χ4n) is 2.85. The van der Waals surface area contributed by atoms with Crippen molar-refractivity contribution in [1.29, 1.82) is 0 Å². The van der Waals surface area contributed by atoms with E-state index in [4.69, 9.17) is 0 Å². The summed E-state index contributed by atoms with van der Waals surface area (Å²) in [5.74, 6) is -0.225. The summed E-state index contributed by atoms with van der Waals surface area (Å²) in [6, 6.07) is 4.91. The smallest absolute Gasteiger partial charge is 0.126 e. The van der Waals surface area contributed by atoms with Gasteiger partial charge in [-0.25, -0.2) is 4.39 Å². The van der Waals surface area contributed by atoms with Crippen LogP contribution in [0.25, 0.3) is 0 Å². The van der Waals surface area contributed by atoms with Crippen molar-refractivity contribution >= 4 is 15.9 Å². The van der Waals surface area contributed by atoms with Crippen LogP contribution in [0.4, 0.5) is 4.39 Å². The molecular weight excluding hydrogens is 295 g/mol. The van der Waals surface area contributed by atoms with Crippen LogP contribution in [0, 0.1) is 11.2 Å². The Hall–Kier alpha value is -0.410. The molecule has 0 amide bonds. The van der Waals surface area contributed by atoms with Gasteiger partial charge in [-0.2, -0.15) is 0 Å². The minimum atomic E-state index is -0.457. The minimum Gasteiger partial charge on any atom is -0.392 e. The van der Waals surface area contributed by atoms with Crippen molar-refractivity contribution in [2.75, 3.05) is 0 Å². The molecule has 0 radical (unpaired) electrons. The van der Waals surface area contributed by atoms with Gasteiger partial charge in [-0.3, -0.25) is 0 Å².